The maximum absolute atomic E-state index is 11.8. The van der Waals surface area contributed by atoms with Gasteiger partial charge in [0.1, 0.15) is 11.7 Å². The first-order chi connectivity index (χ1) is 8.54. The second kappa shape index (κ2) is 6.68. The van der Waals surface area contributed by atoms with Crippen molar-refractivity contribution in [2.75, 3.05) is 7.11 Å². The minimum atomic E-state index is -0.662. The lowest BCUT2D eigenvalue weighted by atomic mass is 10.0. The van der Waals surface area contributed by atoms with Crippen LogP contribution in [0, 0.1) is 5.92 Å². The van der Waals surface area contributed by atoms with Gasteiger partial charge in [0.25, 0.3) is 5.91 Å². The molecule has 0 radical (unpaired) electrons. The second-order valence-corrected chi connectivity index (χ2v) is 4.27. The summed E-state index contributed by atoms with van der Waals surface area (Å²) >= 11 is 0. The Morgan fingerprint density at radius 2 is 2.11 bits per heavy atom. The number of hydrogen-bond acceptors (Lipinski definition) is 5. The minimum Gasteiger partial charge on any atom is -0.467 e. The van der Waals surface area contributed by atoms with Gasteiger partial charge in [-0.05, 0) is 12.3 Å². The molecule has 1 heterocycles. The molecular weight excluding hydrogens is 234 g/mol. The van der Waals surface area contributed by atoms with Crippen molar-refractivity contribution in [2.24, 2.45) is 5.92 Å². The van der Waals surface area contributed by atoms with Crippen molar-refractivity contribution in [1.29, 1.82) is 0 Å². The lowest BCUT2D eigenvalue weighted by molar-refractivity contribution is -0.143. The Hall–Kier alpha value is -1.98. The van der Waals surface area contributed by atoms with Gasteiger partial charge in [0.15, 0.2) is 0 Å². The zero-order chi connectivity index (χ0) is 13.5. The van der Waals surface area contributed by atoms with E-state index in [-0.39, 0.29) is 11.6 Å². The summed E-state index contributed by atoms with van der Waals surface area (Å²) in [5, 5.41) is 2.60. The fourth-order valence-electron chi connectivity index (χ4n) is 1.48. The number of methoxy groups -OCH3 is 1. The van der Waals surface area contributed by atoms with Crippen LogP contribution in [0.2, 0.25) is 0 Å². The molecule has 0 spiro atoms. The number of nitrogens with zero attached hydrogens (tertiary/aromatic N) is 2. The summed E-state index contributed by atoms with van der Waals surface area (Å²) < 4.78 is 4.66. The zero-order valence-corrected chi connectivity index (χ0v) is 10.7. The molecule has 6 nitrogen and oxygen atoms in total. The smallest absolute Gasteiger partial charge is 0.328 e. The average Bonchev–Trinajstić information content (AvgIpc) is 2.37. The van der Waals surface area contributed by atoms with Gasteiger partial charge in [0.2, 0.25) is 0 Å². The maximum atomic E-state index is 11.8. The Balaban J connectivity index is 2.71. The summed E-state index contributed by atoms with van der Waals surface area (Å²) in [6.07, 6.45) is 4.75. The van der Waals surface area contributed by atoms with E-state index < -0.39 is 17.9 Å². The molecule has 1 rings (SSSR count). The highest BCUT2D eigenvalue weighted by molar-refractivity contribution is 5.94. The van der Waals surface area contributed by atoms with E-state index in [1.54, 1.807) is 0 Å². The van der Waals surface area contributed by atoms with Gasteiger partial charge in [0, 0.05) is 12.4 Å². The Labute approximate surface area is 106 Å². The molecule has 0 bridgehead atoms. The Morgan fingerprint density at radius 3 is 2.61 bits per heavy atom. The van der Waals surface area contributed by atoms with Gasteiger partial charge in [-0.15, -0.1) is 0 Å². The highest BCUT2D eigenvalue weighted by Crippen LogP contribution is 2.07. The van der Waals surface area contributed by atoms with E-state index in [4.69, 9.17) is 0 Å². The van der Waals surface area contributed by atoms with Crippen molar-refractivity contribution in [3.8, 4) is 0 Å². The second-order valence-electron chi connectivity index (χ2n) is 4.27. The lowest BCUT2D eigenvalue weighted by Crippen LogP contribution is -2.42. The molecule has 0 fully saturated rings. The van der Waals surface area contributed by atoms with Crippen LogP contribution in [0.3, 0.4) is 0 Å². The maximum Gasteiger partial charge on any atom is 0.328 e. The van der Waals surface area contributed by atoms with Crippen molar-refractivity contribution in [2.45, 2.75) is 26.3 Å². The highest BCUT2D eigenvalue weighted by atomic mass is 16.5. The third-order valence-corrected chi connectivity index (χ3v) is 2.29. The number of carbonyl (C=O) groups is 2. The van der Waals surface area contributed by atoms with E-state index >= 15 is 0 Å². The van der Waals surface area contributed by atoms with Crippen LogP contribution >= 0.6 is 0 Å². The number of aromatic nitrogens is 2. The van der Waals surface area contributed by atoms with Crippen molar-refractivity contribution in [3.05, 3.63) is 24.3 Å². The number of nitrogens with one attached hydrogen (secondary N) is 1. The predicted molar refractivity (Wildman–Crippen MR) is 64.8 cm³/mol. The van der Waals surface area contributed by atoms with Gasteiger partial charge in [-0.2, -0.15) is 0 Å². The predicted octanol–water partition coefficient (Wildman–Crippen LogP) is 0.794. The van der Waals surface area contributed by atoms with Gasteiger partial charge in [-0.25, -0.2) is 9.78 Å². The van der Waals surface area contributed by atoms with E-state index in [0.717, 1.165) is 0 Å². The molecule has 1 atom stereocenters. The van der Waals surface area contributed by atoms with Crippen LogP contribution in [0.15, 0.2) is 18.6 Å². The monoisotopic (exact) mass is 251 g/mol. The number of rotatable bonds is 5. The molecule has 0 aromatic carbocycles. The standard InChI is InChI=1S/C12H17N3O3/c1-8(2)6-9(12(17)18-3)15-11(16)10-7-13-4-5-14-10/h4-5,7-9H,6H2,1-3H3,(H,15,16)/t9-/m0/s1. The van der Waals surface area contributed by atoms with E-state index in [2.05, 4.69) is 20.0 Å². The molecule has 1 N–H and O–H groups in total. The molecule has 0 saturated heterocycles. The summed E-state index contributed by atoms with van der Waals surface area (Å²) in [4.78, 5) is 31.0. The lowest BCUT2D eigenvalue weighted by Gasteiger charge is -2.17. The molecule has 0 saturated carbocycles. The first-order valence-corrected chi connectivity index (χ1v) is 5.69. The van der Waals surface area contributed by atoms with Gasteiger partial charge < -0.3 is 10.1 Å². The summed E-state index contributed by atoms with van der Waals surface area (Å²) in [7, 11) is 1.30. The third-order valence-electron chi connectivity index (χ3n) is 2.29. The van der Waals surface area contributed by atoms with Crippen LogP contribution < -0.4 is 5.32 Å². The Kier molecular flexibility index (Phi) is 5.23. The molecular formula is C12H17N3O3. The van der Waals surface area contributed by atoms with E-state index in [0.29, 0.717) is 6.42 Å². The summed E-state index contributed by atoms with van der Waals surface area (Å²) in [6.45, 7) is 3.93. The fourth-order valence-corrected chi connectivity index (χ4v) is 1.48. The number of hydrogen-bond donors (Lipinski definition) is 1. The fraction of sp³-hybridized carbons (Fsp3) is 0.500. The van der Waals surface area contributed by atoms with E-state index in [1.807, 2.05) is 13.8 Å². The van der Waals surface area contributed by atoms with Crippen molar-refractivity contribution < 1.29 is 14.3 Å². The van der Waals surface area contributed by atoms with Crippen molar-refractivity contribution in [3.63, 3.8) is 0 Å². The topological polar surface area (TPSA) is 81.2 Å². The molecule has 6 heteroatoms. The Morgan fingerprint density at radius 1 is 1.39 bits per heavy atom. The summed E-state index contributed by atoms with van der Waals surface area (Å²) in [6, 6.07) is -0.662. The van der Waals surface area contributed by atoms with Crippen LogP contribution in [-0.4, -0.2) is 35.0 Å². The SMILES string of the molecule is COC(=O)[C@H](CC(C)C)NC(=O)c1cnccn1. The van der Waals surface area contributed by atoms with E-state index in [9.17, 15) is 9.59 Å². The van der Waals surface area contributed by atoms with Gasteiger partial charge >= 0.3 is 5.97 Å². The Bertz CT molecular complexity index is 406. The number of ether oxygens (including phenoxy) is 1. The normalized spacial score (nSPS) is 12.0. The molecule has 18 heavy (non-hydrogen) atoms. The molecule has 0 aliphatic rings. The van der Waals surface area contributed by atoms with Crippen LogP contribution in [-0.2, 0) is 9.53 Å². The van der Waals surface area contributed by atoms with Crippen molar-refractivity contribution in [1.82, 2.24) is 15.3 Å². The minimum absolute atomic E-state index is 0.176. The molecule has 1 amide bonds. The van der Waals surface area contributed by atoms with Gasteiger partial charge in [-0.1, -0.05) is 13.8 Å². The molecule has 0 aliphatic heterocycles. The number of amides is 1. The largest absolute Gasteiger partial charge is 0.467 e. The first-order valence-electron chi connectivity index (χ1n) is 5.69. The zero-order valence-electron chi connectivity index (χ0n) is 10.7. The van der Waals surface area contributed by atoms with Crippen LogP contribution in [0.25, 0.3) is 0 Å². The van der Waals surface area contributed by atoms with Gasteiger partial charge in [-0.3, -0.25) is 9.78 Å². The first kappa shape index (κ1) is 14.1. The number of carbonyl (C=O) groups excluding carboxylic acids is 2. The van der Waals surface area contributed by atoms with Crippen molar-refractivity contribution >= 4 is 11.9 Å². The highest BCUT2D eigenvalue weighted by Gasteiger charge is 2.23. The molecule has 0 aliphatic carbocycles. The van der Waals surface area contributed by atoms with Gasteiger partial charge in [0.05, 0.1) is 13.3 Å². The molecule has 98 valence electrons. The van der Waals surface area contributed by atoms with Crippen LogP contribution in [0.1, 0.15) is 30.8 Å². The summed E-state index contributed by atoms with van der Waals surface area (Å²) in [5.74, 6) is -0.628. The van der Waals surface area contributed by atoms with Crippen LogP contribution in [0.5, 0.6) is 0 Å². The molecule has 0 unspecified atom stereocenters. The third kappa shape index (κ3) is 4.12. The number of esters is 1. The van der Waals surface area contributed by atoms with Crippen LogP contribution in [0.4, 0.5) is 0 Å². The molecule has 1 aromatic heterocycles. The van der Waals surface area contributed by atoms with E-state index in [1.165, 1.54) is 25.7 Å². The summed E-state index contributed by atoms with van der Waals surface area (Å²) in [5.41, 5.74) is 0.176. The quantitative estimate of drug-likeness (QED) is 0.783. The molecule has 1 aromatic rings. The average molecular weight is 251 g/mol.